The summed E-state index contributed by atoms with van der Waals surface area (Å²) in [6.07, 6.45) is 1.80. The summed E-state index contributed by atoms with van der Waals surface area (Å²) < 4.78 is 15.2. The molecule has 1 heterocycles. The van der Waals surface area contributed by atoms with Gasteiger partial charge in [-0.25, -0.2) is 4.39 Å². The van der Waals surface area contributed by atoms with Gasteiger partial charge in [-0.2, -0.15) is 10.4 Å². The number of nitriles is 1. The van der Waals surface area contributed by atoms with Crippen molar-refractivity contribution in [3.05, 3.63) is 53.1 Å². The standard InChI is InChI=1S/C12H10FN3/c1-9-4-5-16(15-9)8-11-3-2-10(7-14)6-12(11)13/h2-6H,8H2,1H3. The molecule has 0 saturated carbocycles. The van der Waals surface area contributed by atoms with Crippen LogP contribution in [0.15, 0.2) is 30.5 Å². The highest BCUT2D eigenvalue weighted by Gasteiger charge is 2.04. The van der Waals surface area contributed by atoms with Crippen LogP contribution in [0.4, 0.5) is 4.39 Å². The Hall–Kier alpha value is -2.15. The first-order chi connectivity index (χ1) is 7.69. The molecule has 0 atom stereocenters. The Kier molecular flexibility index (Phi) is 2.69. The number of aromatic nitrogens is 2. The molecule has 0 aliphatic heterocycles. The van der Waals surface area contributed by atoms with Crippen LogP contribution in [0.3, 0.4) is 0 Å². The van der Waals surface area contributed by atoms with E-state index in [4.69, 9.17) is 5.26 Å². The van der Waals surface area contributed by atoms with Crippen molar-refractivity contribution < 1.29 is 4.39 Å². The Morgan fingerprint density at radius 2 is 2.25 bits per heavy atom. The van der Waals surface area contributed by atoms with Crippen LogP contribution in [0.1, 0.15) is 16.8 Å². The number of benzene rings is 1. The molecule has 0 bridgehead atoms. The number of nitrogens with zero attached hydrogens (tertiary/aromatic N) is 3. The zero-order chi connectivity index (χ0) is 11.5. The van der Waals surface area contributed by atoms with Crippen molar-refractivity contribution in [2.75, 3.05) is 0 Å². The molecule has 0 radical (unpaired) electrons. The predicted octanol–water partition coefficient (Wildman–Crippen LogP) is 2.25. The third-order valence-electron chi connectivity index (χ3n) is 2.29. The number of aryl methyl sites for hydroxylation is 1. The Balaban J connectivity index is 2.26. The molecule has 0 spiro atoms. The van der Waals surface area contributed by atoms with E-state index in [1.165, 1.54) is 6.07 Å². The van der Waals surface area contributed by atoms with E-state index in [1.54, 1.807) is 23.0 Å². The van der Waals surface area contributed by atoms with Gasteiger partial charge >= 0.3 is 0 Å². The minimum atomic E-state index is -0.368. The van der Waals surface area contributed by atoms with Crippen molar-refractivity contribution in [1.29, 1.82) is 5.26 Å². The van der Waals surface area contributed by atoms with Gasteiger partial charge < -0.3 is 0 Å². The highest BCUT2D eigenvalue weighted by atomic mass is 19.1. The topological polar surface area (TPSA) is 41.6 Å². The van der Waals surface area contributed by atoms with Crippen molar-refractivity contribution in [3.8, 4) is 6.07 Å². The maximum absolute atomic E-state index is 13.5. The highest BCUT2D eigenvalue weighted by molar-refractivity contribution is 5.32. The largest absolute Gasteiger partial charge is 0.268 e. The molecule has 0 amide bonds. The summed E-state index contributed by atoms with van der Waals surface area (Å²) in [5, 5.41) is 12.8. The van der Waals surface area contributed by atoms with E-state index in [0.717, 1.165) is 5.69 Å². The molecule has 0 aliphatic rings. The second-order valence-electron chi connectivity index (χ2n) is 3.57. The first-order valence-corrected chi connectivity index (χ1v) is 4.87. The Bertz CT molecular complexity index is 552. The molecule has 2 aromatic rings. The fourth-order valence-corrected chi connectivity index (χ4v) is 1.47. The number of hydrogen-bond acceptors (Lipinski definition) is 2. The van der Waals surface area contributed by atoms with Gasteiger partial charge in [0.1, 0.15) is 5.82 Å². The van der Waals surface area contributed by atoms with Gasteiger partial charge in [-0.3, -0.25) is 4.68 Å². The molecule has 16 heavy (non-hydrogen) atoms. The summed E-state index contributed by atoms with van der Waals surface area (Å²) in [4.78, 5) is 0. The van der Waals surface area contributed by atoms with Crippen molar-refractivity contribution >= 4 is 0 Å². The minimum absolute atomic E-state index is 0.331. The van der Waals surface area contributed by atoms with E-state index in [1.807, 2.05) is 19.1 Å². The van der Waals surface area contributed by atoms with Gasteiger partial charge in [0, 0.05) is 11.8 Å². The van der Waals surface area contributed by atoms with Gasteiger partial charge in [0.2, 0.25) is 0 Å². The summed E-state index contributed by atoms with van der Waals surface area (Å²) in [5.41, 5.74) is 1.76. The second-order valence-corrected chi connectivity index (χ2v) is 3.57. The molecule has 0 aliphatic carbocycles. The Morgan fingerprint density at radius 3 is 2.81 bits per heavy atom. The van der Waals surface area contributed by atoms with E-state index in [2.05, 4.69) is 5.10 Å². The lowest BCUT2D eigenvalue weighted by molar-refractivity contribution is 0.583. The molecule has 0 unspecified atom stereocenters. The zero-order valence-corrected chi connectivity index (χ0v) is 8.81. The Labute approximate surface area is 92.7 Å². The predicted molar refractivity (Wildman–Crippen MR) is 57.2 cm³/mol. The number of hydrogen-bond donors (Lipinski definition) is 0. The fraction of sp³-hybridized carbons (Fsp3) is 0.167. The monoisotopic (exact) mass is 215 g/mol. The molecule has 2 rings (SSSR count). The quantitative estimate of drug-likeness (QED) is 0.771. The molecule has 3 nitrogen and oxygen atoms in total. The normalized spacial score (nSPS) is 10.1. The van der Waals surface area contributed by atoms with Gasteiger partial charge in [0.05, 0.1) is 23.9 Å². The molecule has 1 aromatic heterocycles. The summed E-state index contributed by atoms with van der Waals surface area (Å²) in [7, 11) is 0. The SMILES string of the molecule is Cc1ccn(Cc2ccc(C#N)cc2F)n1. The highest BCUT2D eigenvalue weighted by Crippen LogP contribution is 2.11. The number of halogens is 1. The van der Waals surface area contributed by atoms with Crippen LogP contribution < -0.4 is 0 Å². The fourth-order valence-electron chi connectivity index (χ4n) is 1.47. The summed E-state index contributed by atoms with van der Waals surface area (Å²) in [5.74, 6) is -0.368. The Morgan fingerprint density at radius 1 is 1.44 bits per heavy atom. The third kappa shape index (κ3) is 2.09. The van der Waals surface area contributed by atoms with E-state index < -0.39 is 0 Å². The molecule has 0 fully saturated rings. The van der Waals surface area contributed by atoms with E-state index in [-0.39, 0.29) is 5.82 Å². The molecular weight excluding hydrogens is 205 g/mol. The lowest BCUT2D eigenvalue weighted by atomic mass is 10.1. The number of rotatable bonds is 2. The van der Waals surface area contributed by atoms with Crippen LogP contribution in [0.25, 0.3) is 0 Å². The molecule has 1 aromatic carbocycles. The van der Waals surface area contributed by atoms with E-state index in [9.17, 15) is 4.39 Å². The first-order valence-electron chi connectivity index (χ1n) is 4.87. The first kappa shape index (κ1) is 10.4. The van der Waals surface area contributed by atoms with Crippen LogP contribution in [0.2, 0.25) is 0 Å². The van der Waals surface area contributed by atoms with Crippen LogP contribution in [-0.4, -0.2) is 9.78 Å². The van der Waals surface area contributed by atoms with Crippen LogP contribution in [0.5, 0.6) is 0 Å². The smallest absolute Gasteiger partial charge is 0.129 e. The second kappa shape index (κ2) is 4.15. The van der Waals surface area contributed by atoms with Gasteiger partial charge in [-0.15, -0.1) is 0 Å². The average Bonchev–Trinajstić information content (AvgIpc) is 2.67. The van der Waals surface area contributed by atoms with Crippen molar-refractivity contribution in [1.82, 2.24) is 9.78 Å². The maximum atomic E-state index is 13.5. The third-order valence-corrected chi connectivity index (χ3v) is 2.29. The summed E-state index contributed by atoms with van der Waals surface area (Å²) >= 11 is 0. The summed E-state index contributed by atoms with van der Waals surface area (Å²) in [6, 6.07) is 8.23. The molecule has 0 N–H and O–H groups in total. The molecule has 4 heteroatoms. The lowest BCUT2D eigenvalue weighted by Gasteiger charge is -2.03. The van der Waals surface area contributed by atoms with Gasteiger partial charge in [-0.1, -0.05) is 6.07 Å². The van der Waals surface area contributed by atoms with Crippen molar-refractivity contribution in [2.45, 2.75) is 13.5 Å². The summed E-state index contributed by atoms with van der Waals surface area (Å²) in [6.45, 7) is 2.26. The van der Waals surface area contributed by atoms with Gasteiger partial charge in [0.15, 0.2) is 0 Å². The van der Waals surface area contributed by atoms with Gasteiger partial charge in [0.25, 0.3) is 0 Å². The molecular formula is C12H10FN3. The molecule has 0 saturated heterocycles. The maximum Gasteiger partial charge on any atom is 0.129 e. The lowest BCUT2D eigenvalue weighted by Crippen LogP contribution is -2.03. The van der Waals surface area contributed by atoms with Crippen molar-refractivity contribution in [2.24, 2.45) is 0 Å². The average molecular weight is 215 g/mol. The van der Waals surface area contributed by atoms with Crippen molar-refractivity contribution in [3.63, 3.8) is 0 Å². The van der Waals surface area contributed by atoms with Crippen LogP contribution in [0, 0.1) is 24.1 Å². The van der Waals surface area contributed by atoms with Crippen LogP contribution in [-0.2, 0) is 6.54 Å². The van der Waals surface area contributed by atoms with E-state index in [0.29, 0.717) is 17.7 Å². The van der Waals surface area contributed by atoms with Gasteiger partial charge in [-0.05, 0) is 25.1 Å². The molecule has 80 valence electrons. The van der Waals surface area contributed by atoms with E-state index >= 15 is 0 Å². The van der Waals surface area contributed by atoms with Crippen LogP contribution >= 0.6 is 0 Å². The minimum Gasteiger partial charge on any atom is -0.268 e. The zero-order valence-electron chi connectivity index (χ0n) is 8.81.